The van der Waals surface area contributed by atoms with Crippen molar-refractivity contribution in [1.82, 2.24) is 10.2 Å². The molecule has 0 radical (unpaired) electrons. The maximum absolute atomic E-state index is 9.15. The highest BCUT2D eigenvalue weighted by Gasteiger charge is 2.26. The number of rotatable bonds is 3. The average molecular weight is 184 g/mol. The van der Waals surface area contributed by atoms with Crippen LogP contribution in [0.4, 0.5) is 0 Å². The normalized spacial score (nSPS) is 35.8. The van der Waals surface area contributed by atoms with Gasteiger partial charge in [-0.05, 0) is 38.8 Å². The Morgan fingerprint density at radius 2 is 2.23 bits per heavy atom. The summed E-state index contributed by atoms with van der Waals surface area (Å²) in [6.07, 6.45) is 5.08. The van der Waals surface area contributed by atoms with Crippen molar-refractivity contribution in [2.24, 2.45) is 0 Å². The van der Waals surface area contributed by atoms with Gasteiger partial charge in [0.2, 0.25) is 0 Å². The fourth-order valence-corrected chi connectivity index (χ4v) is 2.54. The minimum absolute atomic E-state index is 0.340. The number of aliphatic hydroxyl groups excluding tert-OH is 1. The summed E-state index contributed by atoms with van der Waals surface area (Å²) in [5.74, 6) is 0. The molecule has 0 saturated carbocycles. The van der Waals surface area contributed by atoms with Gasteiger partial charge in [0.25, 0.3) is 0 Å². The molecule has 0 aliphatic carbocycles. The average Bonchev–Trinajstić information content (AvgIpc) is 2.76. The van der Waals surface area contributed by atoms with E-state index >= 15 is 0 Å². The van der Waals surface area contributed by atoms with Gasteiger partial charge in [-0.2, -0.15) is 0 Å². The summed E-state index contributed by atoms with van der Waals surface area (Å²) < 4.78 is 0. The molecular weight excluding hydrogens is 164 g/mol. The Bertz CT molecular complexity index is 157. The standard InChI is InChI=1S/C10H20N2O/c13-8-10-4-2-6-12(10)7-9-3-1-5-11-9/h9-11,13H,1-8H2/t9-,10+/m1/s1. The molecule has 0 spiro atoms. The third-order valence-electron chi connectivity index (χ3n) is 3.33. The molecule has 0 aromatic rings. The summed E-state index contributed by atoms with van der Waals surface area (Å²) in [6.45, 7) is 3.85. The molecule has 2 saturated heterocycles. The third-order valence-corrected chi connectivity index (χ3v) is 3.33. The molecular formula is C10H20N2O. The van der Waals surface area contributed by atoms with Crippen LogP contribution in [0.2, 0.25) is 0 Å². The summed E-state index contributed by atoms with van der Waals surface area (Å²) in [7, 11) is 0. The highest BCUT2D eigenvalue weighted by atomic mass is 16.3. The predicted octanol–water partition coefficient (Wildman–Crippen LogP) is 0.195. The zero-order valence-electron chi connectivity index (χ0n) is 8.21. The van der Waals surface area contributed by atoms with Gasteiger partial charge in [-0.3, -0.25) is 4.90 Å². The molecule has 0 unspecified atom stereocenters. The Morgan fingerprint density at radius 3 is 2.92 bits per heavy atom. The molecule has 2 atom stereocenters. The van der Waals surface area contributed by atoms with Crippen LogP contribution >= 0.6 is 0 Å². The Kier molecular flexibility index (Phi) is 3.19. The van der Waals surface area contributed by atoms with E-state index in [0.717, 1.165) is 6.54 Å². The molecule has 2 rings (SSSR count). The molecule has 3 nitrogen and oxygen atoms in total. The van der Waals surface area contributed by atoms with Crippen LogP contribution < -0.4 is 5.32 Å². The van der Waals surface area contributed by atoms with Crippen molar-refractivity contribution in [2.75, 3.05) is 26.2 Å². The van der Waals surface area contributed by atoms with Crippen LogP contribution in [-0.4, -0.2) is 48.3 Å². The minimum atomic E-state index is 0.340. The molecule has 3 heteroatoms. The lowest BCUT2D eigenvalue weighted by Gasteiger charge is -2.25. The molecule has 0 aromatic heterocycles. The number of nitrogens with one attached hydrogen (secondary N) is 1. The van der Waals surface area contributed by atoms with Crippen molar-refractivity contribution in [3.8, 4) is 0 Å². The van der Waals surface area contributed by atoms with Crippen molar-refractivity contribution in [1.29, 1.82) is 0 Å². The Labute approximate surface area is 80.1 Å². The Balaban J connectivity index is 1.79. The van der Waals surface area contributed by atoms with Crippen molar-refractivity contribution in [3.63, 3.8) is 0 Å². The summed E-state index contributed by atoms with van der Waals surface area (Å²) in [4.78, 5) is 2.45. The molecule has 76 valence electrons. The summed E-state index contributed by atoms with van der Waals surface area (Å²) in [5, 5.41) is 12.7. The molecule has 13 heavy (non-hydrogen) atoms. The van der Waals surface area contributed by atoms with Crippen LogP contribution in [0.3, 0.4) is 0 Å². The van der Waals surface area contributed by atoms with Crippen LogP contribution in [-0.2, 0) is 0 Å². The SMILES string of the molecule is OC[C@@H]1CCCN1C[C@H]1CCCN1. The predicted molar refractivity (Wildman–Crippen MR) is 52.7 cm³/mol. The summed E-state index contributed by atoms with van der Waals surface area (Å²) in [6, 6.07) is 1.13. The van der Waals surface area contributed by atoms with Crippen molar-refractivity contribution >= 4 is 0 Å². The molecule has 0 aromatic carbocycles. The van der Waals surface area contributed by atoms with Gasteiger partial charge in [0.15, 0.2) is 0 Å². The molecule has 2 N–H and O–H groups in total. The second-order valence-electron chi connectivity index (χ2n) is 4.27. The van der Waals surface area contributed by atoms with Crippen molar-refractivity contribution in [3.05, 3.63) is 0 Å². The first-order valence-electron chi connectivity index (χ1n) is 5.48. The van der Waals surface area contributed by atoms with Gasteiger partial charge in [0, 0.05) is 18.6 Å². The Morgan fingerprint density at radius 1 is 1.31 bits per heavy atom. The second-order valence-corrected chi connectivity index (χ2v) is 4.27. The molecule has 2 aliphatic rings. The smallest absolute Gasteiger partial charge is 0.0586 e. The van der Waals surface area contributed by atoms with Crippen molar-refractivity contribution < 1.29 is 5.11 Å². The minimum Gasteiger partial charge on any atom is -0.395 e. The van der Waals surface area contributed by atoms with E-state index in [1.54, 1.807) is 0 Å². The van der Waals surface area contributed by atoms with Gasteiger partial charge in [0.1, 0.15) is 0 Å². The van der Waals surface area contributed by atoms with Crippen LogP contribution in [0, 0.1) is 0 Å². The van der Waals surface area contributed by atoms with Crippen LogP contribution in [0.1, 0.15) is 25.7 Å². The van der Waals surface area contributed by atoms with E-state index in [9.17, 15) is 0 Å². The maximum atomic E-state index is 9.15. The monoisotopic (exact) mass is 184 g/mol. The lowest BCUT2D eigenvalue weighted by molar-refractivity contribution is 0.150. The van der Waals surface area contributed by atoms with E-state index in [2.05, 4.69) is 10.2 Å². The van der Waals surface area contributed by atoms with Crippen LogP contribution in [0.25, 0.3) is 0 Å². The van der Waals surface area contributed by atoms with Gasteiger partial charge in [-0.1, -0.05) is 0 Å². The lowest BCUT2D eigenvalue weighted by atomic mass is 10.2. The van der Waals surface area contributed by atoms with Gasteiger partial charge < -0.3 is 10.4 Å². The van der Waals surface area contributed by atoms with E-state index in [1.165, 1.54) is 38.8 Å². The summed E-state index contributed by atoms with van der Waals surface area (Å²) in [5.41, 5.74) is 0. The Hall–Kier alpha value is -0.120. The van der Waals surface area contributed by atoms with E-state index in [1.807, 2.05) is 0 Å². The largest absolute Gasteiger partial charge is 0.395 e. The quantitative estimate of drug-likeness (QED) is 0.657. The molecule has 2 aliphatic heterocycles. The van der Waals surface area contributed by atoms with E-state index in [-0.39, 0.29) is 0 Å². The first kappa shape index (κ1) is 9.44. The van der Waals surface area contributed by atoms with E-state index in [4.69, 9.17) is 5.11 Å². The van der Waals surface area contributed by atoms with E-state index < -0.39 is 0 Å². The number of hydrogen-bond acceptors (Lipinski definition) is 3. The molecule has 2 fully saturated rings. The zero-order chi connectivity index (χ0) is 9.10. The molecule has 2 heterocycles. The second kappa shape index (κ2) is 4.40. The third kappa shape index (κ3) is 2.22. The topological polar surface area (TPSA) is 35.5 Å². The number of aliphatic hydroxyl groups is 1. The number of nitrogens with zero attached hydrogens (tertiary/aromatic N) is 1. The fourth-order valence-electron chi connectivity index (χ4n) is 2.54. The van der Waals surface area contributed by atoms with Gasteiger partial charge in [-0.15, -0.1) is 0 Å². The van der Waals surface area contributed by atoms with Crippen LogP contribution in [0.15, 0.2) is 0 Å². The maximum Gasteiger partial charge on any atom is 0.0586 e. The molecule has 0 amide bonds. The van der Waals surface area contributed by atoms with Crippen molar-refractivity contribution in [2.45, 2.75) is 37.8 Å². The van der Waals surface area contributed by atoms with Gasteiger partial charge in [0.05, 0.1) is 6.61 Å². The summed E-state index contributed by atoms with van der Waals surface area (Å²) >= 11 is 0. The van der Waals surface area contributed by atoms with E-state index in [0.29, 0.717) is 18.7 Å². The first-order valence-corrected chi connectivity index (χ1v) is 5.48. The van der Waals surface area contributed by atoms with Gasteiger partial charge >= 0.3 is 0 Å². The fraction of sp³-hybridized carbons (Fsp3) is 1.00. The number of hydrogen-bond donors (Lipinski definition) is 2. The molecule has 0 bridgehead atoms. The zero-order valence-corrected chi connectivity index (χ0v) is 8.21. The first-order chi connectivity index (χ1) is 6.40. The highest BCUT2D eigenvalue weighted by Crippen LogP contribution is 2.18. The van der Waals surface area contributed by atoms with Gasteiger partial charge in [-0.25, -0.2) is 0 Å². The van der Waals surface area contributed by atoms with Crippen LogP contribution in [0.5, 0.6) is 0 Å². The highest BCUT2D eigenvalue weighted by molar-refractivity contribution is 4.84. The number of likely N-dealkylation sites (tertiary alicyclic amines) is 1. The lowest BCUT2D eigenvalue weighted by Crippen LogP contribution is -2.41.